The minimum absolute atomic E-state index is 0.305. The molecule has 90 valence electrons. The van der Waals surface area contributed by atoms with E-state index >= 15 is 0 Å². The molecule has 1 N–H and O–H groups in total. The van der Waals surface area contributed by atoms with Gasteiger partial charge < -0.3 is 5.11 Å². The second kappa shape index (κ2) is 5.36. The van der Waals surface area contributed by atoms with E-state index in [4.69, 9.17) is 5.11 Å². The van der Waals surface area contributed by atoms with Crippen molar-refractivity contribution >= 4 is 17.7 Å². The molecule has 1 aromatic heterocycles. The van der Waals surface area contributed by atoms with Crippen molar-refractivity contribution in [2.45, 2.75) is 36.5 Å². The molecule has 0 radical (unpaired) electrons. The van der Waals surface area contributed by atoms with E-state index in [1.807, 2.05) is 6.92 Å². The topological polar surface area (TPSA) is 50.2 Å². The van der Waals surface area contributed by atoms with Gasteiger partial charge in [0.25, 0.3) is 0 Å². The van der Waals surface area contributed by atoms with Crippen LogP contribution in [-0.4, -0.2) is 21.3 Å². The first-order valence-corrected chi connectivity index (χ1v) is 6.59. The predicted octanol–water partition coefficient (Wildman–Crippen LogP) is 3.29. The molecular weight excluding hydrogens is 234 g/mol. The van der Waals surface area contributed by atoms with Gasteiger partial charge in [0.05, 0.1) is 5.56 Å². The SMILES string of the molecule is Cc1ccc(C(=O)O)c(S[C@H]2C=CCCC2)n1. The molecule has 1 aliphatic carbocycles. The number of aryl methyl sites for hydroxylation is 1. The molecule has 0 aromatic carbocycles. The van der Waals surface area contributed by atoms with Gasteiger partial charge in [-0.3, -0.25) is 0 Å². The zero-order valence-electron chi connectivity index (χ0n) is 9.72. The van der Waals surface area contributed by atoms with E-state index in [9.17, 15) is 4.79 Å². The molecule has 1 aromatic rings. The standard InChI is InChI=1S/C13H15NO2S/c1-9-7-8-11(13(15)16)12(14-9)17-10-5-3-2-4-6-10/h3,5,7-8,10H,2,4,6H2,1H3,(H,15,16)/t10-/m0/s1. The molecular formula is C13H15NO2S. The number of carbonyl (C=O) groups is 1. The summed E-state index contributed by atoms with van der Waals surface area (Å²) in [5, 5.41) is 10.1. The van der Waals surface area contributed by atoms with Crippen LogP contribution in [-0.2, 0) is 0 Å². The Labute approximate surface area is 105 Å². The second-order valence-corrected chi connectivity index (χ2v) is 5.35. The van der Waals surface area contributed by atoms with E-state index in [2.05, 4.69) is 17.1 Å². The number of carboxylic acid groups (broad SMARTS) is 1. The number of carboxylic acids is 1. The number of aromatic carboxylic acids is 1. The fourth-order valence-electron chi connectivity index (χ4n) is 1.81. The molecule has 0 amide bonds. The molecule has 1 atom stereocenters. The average Bonchev–Trinajstić information content (AvgIpc) is 2.30. The zero-order valence-corrected chi connectivity index (χ0v) is 10.5. The first kappa shape index (κ1) is 12.2. The molecule has 0 bridgehead atoms. The lowest BCUT2D eigenvalue weighted by Crippen LogP contribution is -2.07. The predicted molar refractivity (Wildman–Crippen MR) is 68.6 cm³/mol. The number of hydrogen-bond acceptors (Lipinski definition) is 3. The van der Waals surface area contributed by atoms with Crippen LogP contribution in [0, 0.1) is 6.92 Å². The molecule has 4 heteroatoms. The average molecular weight is 249 g/mol. The van der Waals surface area contributed by atoms with Gasteiger partial charge in [-0.25, -0.2) is 9.78 Å². The first-order chi connectivity index (χ1) is 8.16. The summed E-state index contributed by atoms with van der Waals surface area (Å²) in [6.45, 7) is 1.88. The summed E-state index contributed by atoms with van der Waals surface area (Å²) in [5.74, 6) is -0.903. The number of nitrogens with zero attached hydrogens (tertiary/aromatic N) is 1. The summed E-state index contributed by atoms with van der Waals surface area (Å²) < 4.78 is 0. The maximum atomic E-state index is 11.1. The van der Waals surface area contributed by atoms with Gasteiger partial charge in [0.15, 0.2) is 0 Å². The van der Waals surface area contributed by atoms with E-state index in [0.29, 0.717) is 15.8 Å². The van der Waals surface area contributed by atoms with Gasteiger partial charge in [-0.05, 0) is 38.3 Å². The Morgan fingerprint density at radius 2 is 2.35 bits per heavy atom. The van der Waals surface area contributed by atoms with E-state index in [1.165, 1.54) is 6.42 Å². The lowest BCUT2D eigenvalue weighted by molar-refractivity contribution is 0.0692. The van der Waals surface area contributed by atoms with Crippen LogP contribution in [0.4, 0.5) is 0 Å². The van der Waals surface area contributed by atoms with Crippen molar-refractivity contribution in [3.8, 4) is 0 Å². The Morgan fingerprint density at radius 3 is 3.00 bits per heavy atom. The third kappa shape index (κ3) is 3.09. The van der Waals surface area contributed by atoms with E-state index in [0.717, 1.165) is 18.5 Å². The van der Waals surface area contributed by atoms with E-state index in [-0.39, 0.29) is 0 Å². The van der Waals surface area contributed by atoms with Crippen molar-refractivity contribution in [2.75, 3.05) is 0 Å². The van der Waals surface area contributed by atoms with Crippen LogP contribution >= 0.6 is 11.8 Å². The van der Waals surface area contributed by atoms with Gasteiger partial charge >= 0.3 is 5.97 Å². The highest BCUT2D eigenvalue weighted by Gasteiger charge is 2.17. The Kier molecular flexibility index (Phi) is 3.84. The quantitative estimate of drug-likeness (QED) is 0.835. The van der Waals surface area contributed by atoms with Crippen molar-refractivity contribution in [3.63, 3.8) is 0 Å². The molecule has 17 heavy (non-hydrogen) atoms. The molecule has 1 heterocycles. The molecule has 1 aliphatic rings. The van der Waals surface area contributed by atoms with Crippen molar-refractivity contribution in [1.82, 2.24) is 4.98 Å². The maximum Gasteiger partial charge on any atom is 0.338 e. The van der Waals surface area contributed by atoms with Crippen LogP contribution in [0.3, 0.4) is 0 Å². The molecule has 2 rings (SSSR count). The lowest BCUT2D eigenvalue weighted by atomic mass is 10.1. The molecule has 0 aliphatic heterocycles. The highest BCUT2D eigenvalue weighted by molar-refractivity contribution is 8.00. The number of pyridine rings is 1. The third-order valence-corrected chi connectivity index (χ3v) is 3.93. The number of aromatic nitrogens is 1. The molecule has 0 fully saturated rings. The van der Waals surface area contributed by atoms with Crippen molar-refractivity contribution < 1.29 is 9.90 Å². The summed E-state index contributed by atoms with van der Waals surface area (Å²) in [6, 6.07) is 3.38. The van der Waals surface area contributed by atoms with Gasteiger partial charge in [-0.1, -0.05) is 23.9 Å². The molecule has 0 spiro atoms. The summed E-state index contributed by atoms with van der Waals surface area (Å²) >= 11 is 1.55. The van der Waals surface area contributed by atoms with Gasteiger partial charge in [-0.15, -0.1) is 0 Å². The fraction of sp³-hybridized carbons (Fsp3) is 0.385. The number of thioether (sulfide) groups is 1. The minimum Gasteiger partial charge on any atom is -0.478 e. The molecule has 0 unspecified atom stereocenters. The smallest absolute Gasteiger partial charge is 0.338 e. The van der Waals surface area contributed by atoms with Crippen molar-refractivity contribution in [1.29, 1.82) is 0 Å². The highest BCUT2D eigenvalue weighted by atomic mass is 32.2. The lowest BCUT2D eigenvalue weighted by Gasteiger charge is -2.16. The van der Waals surface area contributed by atoms with Gasteiger partial charge in [0.2, 0.25) is 0 Å². The first-order valence-electron chi connectivity index (χ1n) is 5.71. The number of allylic oxidation sites excluding steroid dienone is 1. The highest BCUT2D eigenvalue weighted by Crippen LogP contribution is 2.31. The fourth-order valence-corrected chi connectivity index (χ4v) is 3.05. The maximum absolute atomic E-state index is 11.1. The molecule has 3 nitrogen and oxygen atoms in total. The molecule has 0 saturated heterocycles. The van der Waals surface area contributed by atoms with Crippen LogP contribution in [0.2, 0.25) is 0 Å². The van der Waals surface area contributed by atoms with Gasteiger partial charge in [-0.2, -0.15) is 0 Å². The monoisotopic (exact) mass is 249 g/mol. The summed E-state index contributed by atoms with van der Waals surface area (Å²) in [6.07, 6.45) is 7.71. The Hall–Kier alpha value is -1.29. The van der Waals surface area contributed by atoms with Gasteiger partial charge in [0.1, 0.15) is 5.03 Å². The van der Waals surface area contributed by atoms with Crippen LogP contribution in [0.5, 0.6) is 0 Å². The van der Waals surface area contributed by atoms with E-state index < -0.39 is 5.97 Å². The normalized spacial score (nSPS) is 19.2. The van der Waals surface area contributed by atoms with Crippen LogP contribution in [0.25, 0.3) is 0 Å². The Morgan fingerprint density at radius 1 is 1.53 bits per heavy atom. The minimum atomic E-state index is -0.903. The second-order valence-electron chi connectivity index (χ2n) is 4.13. The van der Waals surface area contributed by atoms with Crippen molar-refractivity contribution in [2.24, 2.45) is 0 Å². The summed E-state index contributed by atoms with van der Waals surface area (Å²) in [7, 11) is 0. The number of rotatable bonds is 3. The Balaban J connectivity index is 2.23. The van der Waals surface area contributed by atoms with Gasteiger partial charge in [0, 0.05) is 10.9 Å². The van der Waals surface area contributed by atoms with Crippen molar-refractivity contribution in [3.05, 3.63) is 35.5 Å². The number of hydrogen-bond donors (Lipinski definition) is 1. The summed E-state index contributed by atoms with van der Waals surface area (Å²) in [4.78, 5) is 15.4. The van der Waals surface area contributed by atoms with E-state index in [1.54, 1.807) is 23.9 Å². The van der Waals surface area contributed by atoms with Crippen LogP contribution in [0.15, 0.2) is 29.3 Å². The molecule has 0 saturated carbocycles. The largest absolute Gasteiger partial charge is 0.478 e. The Bertz CT molecular complexity index is 457. The summed E-state index contributed by atoms with van der Waals surface area (Å²) in [5.41, 5.74) is 1.16. The van der Waals surface area contributed by atoms with Crippen LogP contribution in [0.1, 0.15) is 35.3 Å². The van der Waals surface area contributed by atoms with Crippen LogP contribution < -0.4 is 0 Å². The zero-order chi connectivity index (χ0) is 12.3. The third-order valence-electron chi connectivity index (χ3n) is 2.70.